The third kappa shape index (κ3) is 2.51. The summed E-state index contributed by atoms with van der Waals surface area (Å²) >= 11 is 6.04. The number of benzene rings is 3. The molecule has 0 amide bonds. The van der Waals surface area contributed by atoms with Crippen LogP contribution in [-0.2, 0) is 0 Å². The highest BCUT2D eigenvalue weighted by Crippen LogP contribution is 2.42. The van der Waals surface area contributed by atoms with Crippen molar-refractivity contribution in [1.82, 2.24) is 4.98 Å². The molecule has 3 aromatic carbocycles. The Morgan fingerprint density at radius 3 is 2.46 bits per heavy atom. The molecule has 4 aromatic rings. The highest BCUT2D eigenvalue weighted by Gasteiger charge is 2.25. The Morgan fingerprint density at radius 2 is 1.58 bits per heavy atom. The fourth-order valence-electron chi connectivity index (χ4n) is 3.60. The standard InChI is InChI=1S/C23H16ClNO/c24-16-11-9-15(10-12-16)23-13-19(18-6-2-4-8-22(18)26-23)20-14-25-21-7-3-1-5-17(20)21/h1-14,19,25H. The summed E-state index contributed by atoms with van der Waals surface area (Å²) in [5.41, 5.74) is 4.60. The fourth-order valence-corrected chi connectivity index (χ4v) is 3.73. The van der Waals surface area contributed by atoms with Gasteiger partial charge in [0.05, 0.1) is 0 Å². The number of halogens is 1. The number of aromatic amines is 1. The topological polar surface area (TPSA) is 25.0 Å². The maximum Gasteiger partial charge on any atom is 0.131 e. The Morgan fingerprint density at radius 1 is 0.808 bits per heavy atom. The first-order valence-corrected chi connectivity index (χ1v) is 8.98. The zero-order valence-electron chi connectivity index (χ0n) is 13.9. The number of ether oxygens (including phenoxy) is 1. The van der Waals surface area contributed by atoms with Crippen LogP contribution in [0, 0.1) is 0 Å². The van der Waals surface area contributed by atoms with Gasteiger partial charge in [0.25, 0.3) is 0 Å². The van der Waals surface area contributed by atoms with Gasteiger partial charge >= 0.3 is 0 Å². The molecule has 0 spiro atoms. The van der Waals surface area contributed by atoms with Crippen molar-refractivity contribution in [2.45, 2.75) is 5.92 Å². The smallest absolute Gasteiger partial charge is 0.131 e. The summed E-state index contributed by atoms with van der Waals surface area (Å²) in [4.78, 5) is 3.39. The second-order valence-corrected chi connectivity index (χ2v) is 6.88. The lowest BCUT2D eigenvalue weighted by molar-refractivity contribution is 0.493. The third-order valence-electron chi connectivity index (χ3n) is 4.88. The minimum absolute atomic E-state index is 0.127. The second-order valence-electron chi connectivity index (χ2n) is 6.44. The summed E-state index contributed by atoms with van der Waals surface area (Å²) in [5, 5.41) is 1.96. The van der Waals surface area contributed by atoms with Crippen molar-refractivity contribution < 1.29 is 4.74 Å². The first-order valence-electron chi connectivity index (χ1n) is 8.60. The molecule has 1 N–H and O–H groups in total. The van der Waals surface area contributed by atoms with Gasteiger partial charge < -0.3 is 9.72 Å². The quantitative estimate of drug-likeness (QED) is 0.442. The summed E-state index contributed by atoms with van der Waals surface area (Å²) < 4.78 is 6.21. The Bertz CT molecular complexity index is 1120. The average Bonchev–Trinajstić information content (AvgIpc) is 3.12. The summed E-state index contributed by atoms with van der Waals surface area (Å²) in [6, 6.07) is 24.4. The molecule has 1 unspecified atom stereocenters. The predicted octanol–water partition coefficient (Wildman–Crippen LogP) is 6.39. The lowest BCUT2D eigenvalue weighted by atomic mass is 9.87. The van der Waals surface area contributed by atoms with Crippen LogP contribution in [-0.4, -0.2) is 4.98 Å². The largest absolute Gasteiger partial charge is 0.457 e. The molecule has 0 saturated carbocycles. The first kappa shape index (κ1) is 15.3. The van der Waals surface area contributed by atoms with Crippen molar-refractivity contribution in [2.24, 2.45) is 0 Å². The van der Waals surface area contributed by atoms with Gasteiger partial charge in [-0.05, 0) is 48.0 Å². The molecule has 0 radical (unpaired) electrons. The van der Waals surface area contributed by atoms with Crippen LogP contribution in [0.4, 0.5) is 0 Å². The number of hydrogen-bond donors (Lipinski definition) is 1. The van der Waals surface area contributed by atoms with Crippen LogP contribution in [0.25, 0.3) is 16.7 Å². The molecule has 2 nitrogen and oxygen atoms in total. The van der Waals surface area contributed by atoms with Crippen LogP contribution in [0.2, 0.25) is 5.02 Å². The van der Waals surface area contributed by atoms with Crippen molar-refractivity contribution in [1.29, 1.82) is 0 Å². The van der Waals surface area contributed by atoms with Crippen molar-refractivity contribution in [2.75, 3.05) is 0 Å². The molecule has 0 fully saturated rings. The number of para-hydroxylation sites is 2. The average molecular weight is 358 g/mol. The summed E-state index contributed by atoms with van der Waals surface area (Å²) in [7, 11) is 0. The van der Waals surface area contributed by atoms with Crippen LogP contribution in [0.5, 0.6) is 5.75 Å². The van der Waals surface area contributed by atoms with E-state index in [-0.39, 0.29) is 5.92 Å². The molecular formula is C23H16ClNO. The molecule has 1 aliphatic heterocycles. The number of hydrogen-bond acceptors (Lipinski definition) is 1. The number of rotatable bonds is 2. The molecule has 0 bridgehead atoms. The third-order valence-corrected chi connectivity index (χ3v) is 5.13. The first-order chi connectivity index (χ1) is 12.8. The van der Waals surface area contributed by atoms with Gasteiger partial charge in [0.15, 0.2) is 0 Å². The van der Waals surface area contributed by atoms with Crippen molar-refractivity contribution in [3.05, 3.63) is 107 Å². The highest BCUT2D eigenvalue weighted by molar-refractivity contribution is 6.30. The molecule has 26 heavy (non-hydrogen) atoms. The fraction of sp³-hybridized carbons (Fsp3) is 0.0435. The Balaban J connectivity index is 1.69. The van der Waals surface area contributed by atoms with Crippen LogP contribution in [0.3, 0.4) is 0 Å². The SMILES string of the molecule is Clc1ccc(C2=CC(c3c[nH]c4ccccc34)c3ccccc3O2)cc1. The molecule has 1 atom stereocenters. The van der Waals surface area contributed by atoms with E-state index >= 15 is 0 Å². The zero-order valence-corrected chi connectivity index (χ0v) is 14.7. The van der Waals surface area contributed by atoms with E-state index in [0.29, 0.717) is 0 Å². The molecule has 0 saturated heterocycles. The number of aromatic nitrogens is 1. The van der Waals surface area contributed by atoms with Gasteiger partial charge in [-0.15, -0.1) is 0 Å². The van der Waals surface area contributed by atoms with Gasteiger partial charge in [0.1, 0.15) is 11.5 Å². The Hall–Kier alpha value is -2.97. The van der Waals surface area contributed by atoms with Crippen LogP contribution in [0.15, 0.2) is 85.1 Å². The highest BCUT2D eigenvalue weighted by atomic mass is 35.5. The van der Waals surface area contributed by atoms with Gasteiger partial charge in [-0.25, -0.2) is 0 Å². The van der Waals surface area contributed by atoms with Gasteiger partial charge in [0, 0.05) is 39.2 Å². The maximum absolute atomic E-state index is 6.21. The van der Waals surface area contributed by atoms with E-state index in [1.807, 2.05) is 36.4 Å². The molecule has 3 heteroatoms. The monoisotopic (exact) mass is 357 g/mol. The summed E-state index contributed by atoms with van der Waals surface area (Å²) in [6.45, 7) is 0. The predicted molar refractivity (Wildman–Crippen MR) is 107 cm³/mol. The number of H-pyrrole nitrogens is 1. The van der Waals surface area contributed by atoms with Crippen LogP contribution < -0.4 is 4.74 Å². The van der Waals surface area contributed by atoms with E-state index in [1.165, 1.54) is 16.5 Å². The Labute approximate surface area is 156 Å². The number of fused-ring (bicyclic) bond motifs is 2. The van der Waals surface area contributed by atoms with E-state index in [0.717, 1.165) is 27.6 Å². The van der Waals surface area contributed by atoms with E-state index in [2.05, 4.69) is 53.7 Å². The van der Waals surface area contributed by atoms with Gasteiger partial charge in [-0.2, -0.15) is 0 Å². The molecular weight excluding hydrogens is 342 g/mol. The summed E-state index contributed by atoms with van der Waals surface area (Å²) in [5.74, 6) is 1.88. The zero-order chi connectivity index (χ0) is 17.5. The molecule has 5 rings (SSSR count). The van der Waals surface area contributed by atoms with Gasteiger partial charge in [-0.1, -0.05) is 48.0 Å². The van der Waals surface area contributed by atoms with Crippen molar-refractivity contribution >= 4 is 28.3 Å². The van der Waals surface area contributed by atoms with Crippen molar-refractivity contribution in [3.63, 3.8) is 0 Å². The minimum atomic E-state index is 0.127. The van der Waals surface area contributed by atoms with E-state index < -0.39 is 0 Å². The summed E-state index contributed by atoms with van der Waals surface area (Å²) in [6.07, 6.45) is 4.30. The maximum atomic E-state index is 6.21. The number of allylic oxidation sites excluding steroid dienone is 1. The normalized spacial score (nSPS) is 16.0. The molecule has 1 aromatic heterocycles. The van der Waals surface area contributed by atoms with Gasteiger partial charge in [-0.3, -0.25) is 0 Å². The van der Waals surface area contributed by atoms with Gasteiger partial charge in [0.2, 0.25) is 0 Å². The van der Waals surface area contributed by atoms with Crippen molar-refractivity contribution in [3.8, 4) is 5.75 Å². The minimum Gasteiger partial charge on any atom is -0.457 e. The van der Waals surface area contributed by atoms with Crippen LogP contribution in [0.1, 0.15) is 22.6 Å². The van der Waals surface area contributed by atoms with E-state index in [9.17, 15) is 0 Å². The van der Waals surface area contributed by atoms with Crippen LogP contribution >= 0.6 is 11.6 Å². The lowest BCUT2D eigenvalue weighted by Gasteiger charge is -2.25. The molecule has 2 heterocycles. The van der Waals surface area contributed by atoms with E-state index in [1.54, 1.807) is 0 Å². The molecule has 0 aliphatic carbocycles. The van der Waals surface area contributed by atoms with E-state index in [4.69, 9.17) is 16.3 Å². The Kier molecular flexibility index (Phi) is 3.58. The molecule has 1 aliphatic rings. The molecule has 126 valence electrons. The second kappa shape index (κ2) is 6.08. The lowest BCUT2D eigenvalue weighted by Crippen LogP contribution is -2.10. The number of nitrogens with one attached hydrogen (secondary N) is 1.